The van der Waals surface area contributed by atoms with Crippen LogP contribution in [0.4, 0.5) is 0 Å². The fourth-order valence-corrected chi connectivity index (χ4v) is 0. The summed E-state index contributed by atoms with van der Waals surface area (Å²) in [5, 5.41) is 2.75. The molecule has 0 spiro atoms. The van der Waals surface area contributed by atoms with Gasteiger partial charge in [0.2, 0.25) is 0 Å². The van der Waals surface area contributed by atoms with E-state index in [1.807, 2.05) is 14.1 Å². The van der Waals surface area contributed by atoms with Crippen molar-refractivity contribution in [1.29, 1.82) is 0 Å². The maximum absolute atomic E-state index is 2.75. The van der Waals surface area contributed by atoms with E-state index in [1.54, 1.807) is 0 Å². The summed E-state index contributed by atoms with van der Waals surface area (Å²) >= 11 is 0. The average molecular weight is 80.5 g/mol. The van der Waals surface area contributed by atoms with Gasteiger partial charge < -0.3 is 17.7 Å². The predicted molar refractivity (Wildman–Crippen MR) is 15.0 cm³/mol. The molecule has 0 aromatic heterocycles. The normalized spacial score (nSPS) is 4.50. The molecule has 0 fully saturated rings. The maximum atomic E-state index is 2.75. The molecule has 1 N–H and O–H groups in total. The third-order valence-electron chi connectivity index (χ3n) is 0. The maximum Gasteiger partial charge on any atom is -0.0167 e. The Balaban J connectivity index is 0. The lowest BCUT2D eigenvalue weighted by atomic mass is 11.3. The van der Waals surface area contributed by atoms with Crippen LogP contribution >= 0.6 is 0 Å². The molecule has 0 unspecified atom stereocenters. The zero-order valence-electron chi connectivity index (χ0n) is 2.88. The van der Waals surface area contributed by atoms with Crippen LogP contribution in [0.3, 0.4) is 0 Å². The van der Waals surface area contributed by atoms with Crippen molar-refractivity contribution in [1.82, 2.24) is 5.32 Å². The van der Waals surface area contributed by atoms with Gasteiger partial charge in [-0.25, -0.2) is 0 Å². The van der Waals surface area contributed by atoms with E-state index in [1.165, 1.54) is 0 Å². The van der Waals surface area contributed by atoms with Crippen molar-refractivity contribution in [2.24, 2.45) is 0 Å². The smallest absolute Gasteiger partial charge is 0.0167 e. The van der Waals surface area contributed by atoms with Crippen LogP contribution in [0.2, 0.25) is 0 Å². The lowest BCUT2D eigenvalue weighted by Crippen LogP contribution is -3.00. The molecular weight excluding hydrogens is 73.5 g/mol. The van der Waals surface area contributed by atoms with Crippen molar-refractivity contribution in [3.8, 4) is 0 Å². The number of hydrogen-bond donors (Lipinski definition) is 1. The highest BCUT2D eigenvalue weighted by atomic mass is 35.5. The summed E-state index contributed by atoms with van der Waals surface area (Å²) in [6.07, 6.45) is 0. The van der Waals surface area contributed by atoms with Crippen molar-refractivity contribution in [2.45, 2.75) is 0 Å². The van der Waals surface area contributed by atoms with Crippen LogP contribution in [0.5, 0.6) is 0 Å². The Bertz CT molecular complexity index is 6.00. The first kappa shape index (κ1) is 8.87. The lowest BCUT2D eigenvalue weighted by molar-refractivity contribution is -0.000000778. The zero-order chi connectivity index (χ0) is 2.71. The second-order valence-electron chi connectivity index (χ2n) is 0.500. The Morgan fingerprint density at radius 3 is 1.25 bits per heavy atom. The van der Waals surface area contributed by atoms with Gasteiger partial charge in [0, 0.05) is 0 Å². The van der Waals surface area contributed by atoms with Gasteiger partial charge in [0.15, 0.2) is 0 Å². The van der Waals surface area contributed by atoms with Crippen LogP contribution in [-0.4, -0.2) is 14.1 Å². The number of rotatable bonds is 0. The van der Waals surface area contributed by atoms with Crippen LogP contribution in [-0.2, 0) is 0 Å². The monoisotopic (exact) mass is 80.0 g/mol. The molecule has 4 heavy (non-hydrogen) atoms. The van der Waals surface area contributed by atoms with Crippen molar-refractivity contribution >= 4 is 0 Å². The molecule has 0 saturated carbocycles. The Morgan fingerprint density at radius 2 is 1.25 bits per heavy atom. The molecule has 28 valence electrons. The topological polar surface area (TPSA) is 12.0 Å². The summed E-state index contributed by atoms with van der Waals surface area (Å²) in [4.78, 5) is 0. The van der Waals surface area contributed by atoms with Gasteiger partial charge in [-0.05, 0) is 14.1 Å². The molecule has 0 rings (SSSR count). The Kier molecular flexibility index (Phi) is 23.3. The Labute approximate surface area is 32.8 Å². The highest BCUT2D eigenvalue weighted by Gasteiger charge is 1.25. The molecule has 0 saturated heterocycles. The van der Waals surface area contributed by atoms with E-state index in [0.29, 0.717) is 0 Å². The van der Waals surface area contributed by atoms with Crippen LogP contribution in [0.25, 0.3) is 0 Å². The standard InChI is InChI=1S/C2H7N.ClH/c1-3-2;/h3H,1-2H3;1H/p-1. The summed E-state index contributed by atoms with van der Waals surface area (Å²) in [5.41, 5.74) is 0. The molecule has 2 heteroatoms. The van der Waals surface area contributed by atoms with E-state index in [4.69, 9.17) is 0 Å². The molecule has 0 atom stereocenters. The van der Waals surface area contributed by atoms with Gasteiger partial charge in [0.05, 0.1) is 0 Å². The summed E-state index contributed by atoms with van der Waals surface area (Å²) in [5.74, 6) is 0. The van der Waals surface area contributed by atoms with E-state index < -0.39 is 0 Å². The van der Waals surface area contributed by atoms with E-state index in [9.17, 15) is 0 Å². The summed E-state index contributed by atoms with van der Waals surface area (Å²) < 4.78 is 0. The molecule has 0 bridgehead atoms. The third-order valence-corrected chi connectivity index (χ3v) is 0. The molecule has 0 aliphatic heterocycles. The van der Waals surface area contributed by atoms with Gasteiger partial charge in [0.1, 0.15) is 0 Å². The summed E-state index contributed by atoms with van der Waals surface area (Å²) in [7, 11) is 3.75. The van der Waals surface area contributed by atoms with Crippen LogP contribution in [0.1, 0.15) is 0 Å². The molecule has 0 aliphatic carbocycles. The van der Waals surface area contributed by atoms with Gasteiger partial charge in [-0.2, -0.15) is 0 Å². The number of halogens is 1. The van der Waals surface area contributed by atoms with E-state index in [2.05, 4.69) is 5.32 Å². The summed E-state index contributed by atoms with van der Waals surface area (Å²) in [6.45, 7) is 0. The molecule has 0 aromatic carbocycles. The highest BCUT2D eigenvalue weighted by Crippen LogP contribution is 0.981. The fraction of sp³-hybridized carbons (Fsp3) is 1.00. The first-order valence-corrected chi connectivity index (χ1v) is 1.00. The van der Waals surface area contributed by atoms with E-state index >= 15 is 0 Å². The SMILES string of the molecule is CNC.[Cl-]. The van der Waals surface area contributed by atoms with Crippen molar-refractivity contribution in [2.75, 3.05) is 14.1 Å². The zero-order valence-corrected chi connectivity index (χ0v) is 3.63. The highest BCUT2D eigenvalue weighted by molar-refractivity contribution is 3.91. The minimum absolute atomic E-state index is 0. The van der Waals surface area contributed by atoms with Crippen molar-refractivity contribution in [3.05, 3.63) is 0 Å². The Morgan fingerprint density at radius 1 is 1.25 bits per heavy atom. The van der Waals surface area contributed by atoms with Crippen LogP contribution < -0.4 is 17.7 Å². The van der Waals surface area contributed by atoms with E-state index in [0.717, 1.165) is 0 Å². The number of hydrogen-bond acceptors (Lipinski definition) is 1. The second kappa shape index (κ2) is 10.5. The fourth-order valence-electron chi connectivity index (χ4n) is 0. The number of nitrogens with one attached hydrogen (secondary N) is 1. The van der Waals surface area contributed by atoms with Gasteiger partial charge >= 0.3 is 0 Å². The second-order valence-corrected chi connectivity index (χ2v) is 0.500. The predicted octanol–water partition coefficient (Wildman–Crippen LogP) is -3.16. The minimum Gasteiger partial charge on any atom is -1.00 e. The first-order valence-electron chi connectivity index (χ1n) is 1.00. The molecule has 0 radical (unpaired) electrons. The summed E-state index contributed by atoms with van der Waals surface area (Å²) in [6, 6.07) is 0. The lowest BCUT2D eigenvalue weighted by Gasteiger charge is -1.59. The van der Waals surface area contributed by atoms with Crippen LogP contribution in [0, 0.1) is 0 Å². The molecule has 0 heterocycles. The molecule has 0 aromatic rings. The van der Waals surface area contributed by atoms with E-state index in [-0.39, 0.29) is 12.4 Å². The molecule has 0 amide bonds. The Hall–Kier alpha value is 0.250. The molecular formula is C2H7ClN-. The van der Waals surface area contributed by atoms with Gasteiger partial charge in [-0.15, -0.1) is 0 Å². The molecule has 0 aliphatic rings. The van der Waals surface area contributed by atoms with Gasteiger partial charge in [0.25, 0.3) is 0 Å². The largest absolute Gasteiger partial charge is 1.00 e. The quantitative estimate of drug-likeness (QED) is 0.324. The molecule has 1 nitrogen and oxygen atoms in total. The van der Waals surface area contributed by atoms with Crippen molar-refractivity contribution < 1.29 is 12.4 Å². The minimum atomic E-state index is 0. The first-order chi connectivity index (χ1) is 1.41. The van der Waals surface area contributed by atoms with Gasteiger partial charge in [-0.3, -0.25) is 0 Å². The van der Waals surface area contributed by atoms with Gasteiger partial charge in [-0.1, -0.05) is 0 Å². The average Bonchev–Trinajstić information content (AvgIpc) is 0.918. The third kappa shape index (κ3) is 56.3. The van der Waals surface area contributed by atoms with Crippen molar-refractivity contribution in [3.63, 3.8) is 0 Å². The van der Waals surface area contributed by atoms with Crippen LogP contribution in [0.15, 0.2) is 0 Å².